The molecule has 0 fully saturated rings. The van der Waals surface area contributed by atoms with Crippen LogP contribution in [0, 0.1) is 0 Å². The molecule has 384 valence electrons. The van der Waals surface area contributed by atoms with Gasteiger partial charge in [-0.15, -0.1) is 0 Å². The lowest BCUT2D eigenvalue weighted by Crippen LogP contribution is -2.45. The number of rotatable bonds is 55. The molecule has 0 heterocycles. The van der Waals surface area contributed by atoms with E-state index in [1.54, 1.807) is 6.08 Å². The van der Waals surface area contributed by atoms with Gasteiger partial charge in [-0.1, -0.05) is 307 Å². The van der Waals surface area contributed by atoms with Crippen molar-refractivity contribution in [1.29, 1.82) is 0 Å². The van der Waals surface area contributed by atoms with E-state index in [0.29, 0.717) is 6.42 Å². The number of hydrogen-bond donors (Lipinski definition) is 3. The molecule has 4 heteroatoms. The Morgan fingerprint density at radius 2 is 0.631 bits per heavy atom. The molecule has 1 amide bonds. The Hall–Kier alpha value is -1.39. The van der Waals surface area contributed by atoms with Crippen LogP contribution in [0.25, 0.3) is 0 Å². The third-order valence-electron chi connectivity index (χ3n) is 13.9. The smallest absolute Gasteiger partial charge is 0.220 e. The molecule has 0 aromatic carbocycles. The molecule has 65 heavy (non-hydrogen) atoms. The number of amides is 1. The summed E-state index contributed by atoms with van der Waals surface area (Å²) < 4.78 is 0. The molecule has 2 unspecified atom stereocenters. The van der Waals surface area contributed by atoms with Crippen molar-refractivity contribution in [2.75, 3.05) is 6.61 Å². The summed E-state index contributed by atoms with van der Waals surface area (Å²) in [6, 6.07) is -0.621. The molecule has 4 nitrogen and oxygen atoms in total. The van der Waals surface area contributed by atoms with Gasteiger partial charge >= 0.3 is 0 Å². The van der Waals surface area contributed by atoms with Gasteiger partial charge in [-0.25, -0.2) is 0 Å². The first-order chi connectivity index (χ1) is 32.2. The normalized spacial score (nSPS) is 13.0. The van der Waals surface area contributed by atoms with Crippen LogP contribution in [0.1, 0.15) is 328 Å². The minimum absolute atomic E-state index is 0.0576. The van der Waals surface area contributed by atoms with Gasteiger partial charge in [0.1, 0.15) is 0 Å². The summed E-state index contributed by atoms with van der Waals surface area (Å²) in [4.78, 5) is 12.5. The van der Waals surface area contributed by atoms with Crippen LogP contribution in [0.2, 0.25) is 0 Å². The fraction of sp³-hybridized carbons (Fsp3) is 0.885. The highest BCUT2D eigenvalue weighted by Gasteiger charge is 2.18. The average Bonchev–Trinajstić information content (AvgIpc) is 3.31. The van der Waals surface area contributed by atoms with Crippen LogP contribution in [0.5, 0.6) is 0 Å². The van der Waals surface area contributed by atoms with Gasteiger partial charge in [0.2, 0.25) is 5.91 Å². The molecular weight excluding hydrogens is 795 g/mol. The van der Waals surface area contributed by atoms with Crippen molar-refractivity contribution in [3.63, 3.8) is 0 Å². The lowest BCUT2D eigenvalue weighted by Gasteiger charge is -2.20. The highest BCUT2D eigenvalue weighted by atomic mass is 16.3. The molecule has 0 bridgehead atoms. The molecule has 0 aliphatic rings. The van der Waals surface area contributed by atoms with Crippen molar-refractivity contribution in [3.05, 3.63) is 36.5 Å². The van der Waals surface area contributed by atoms with Crippen molar-refractivity contribution >= 4 is 5.91 Å². The standard InChI is InChI=1S/C61H117NO3/c1-3-5-7-9-11-13-15-17-19-21-23-25-26-27-28-29-30-31-32-33-34-35-36-37-39-41-43-45-47-49-51-53-55-57-61(65)62-59(58-63)60(64)56-54-52-50-48-46-44-42-40-38-24-22-20-18-16-14-12-10-8-6-4-2/h15,17,21,23,54,56,59-60,63-64H,3-14,16,18-20,22,24-53,55,57-58H2,1-2H3,(H,62,65)/b17-15-,23-21-,56-54+. The molecule has 0 aromatic heterocycles. The number of carbonyl (C=O) groups is 1. The van der Waals surface area contributed by atoms with Gasteiger partial charge in [-0.2, -0.15) is 0 Å². The summed E-state index contributed by atoms with van der Waals surface area (Å²) in [5.41, 5.74) is 0. The SMILES string of the molecule is CCCCCCC/C=C\C/C=C\CCCCCCCCCCCCCCCCCCCCCCCC(=O)NC(CO)C(O)/C=C/CCCCCCCCCCCCCCCCCCCC. The molecule has 0 saturated carbocycles. The summed E-state index contributed by atoms with van der Waals surface area (Å²) in [5, 5.41) is 23.2. The number of unbranched alkanes of at least 4 members (excludes halogenated alkanes) is 44. The Kier molecular flexibility index (Phi) is 55.7. The van der Waals surface area contributed by atoms with Gasteiger partial charge in [0, 0.05) is 6.42 Å². The van der Waals surface area contributed by atoms with E-state index in [9.17, 15) is 15.0 Å². The largest absolute Gasteiger partial charge is 0.394 e. The van der Waals surface area contributed by atoms with E-state index in [4.69, 9.17) is 0 Å². The number of nitrogens with one attached hydrogen (secondary N) is 1. The Labute approximate surface area is 408 Å². The maximum Gasteiger partial charge on any atom is 0.220 e. The van der Waals surface area contributed by atoms with Crippen LogP contribution in [0.3, 0.4) is 0 Å². The van der Waals surface area contributed by atoms with Crippen LogP contribution < -0.4 is 5.32 Å². The Bertz CT molecular complexity index is 989. The zero-order valence-corrected chi connectivity index (χ0v) is 44.3. The average molecular weight is 913 g/mol. The van der Waals surface area contributed by atoms with Crippen LogP contribution in [0.4, 0.5) is 0 Å². The second-order valence-electron chi connectivity index (χ2n) is 20.4. The second-order valence-corrected chi connectivity index (χ2v) is 20.4. The second kappa shape index (κ2) is 56.9. The maximum absolute atomic E-state index is 12.5. The van der Waals surface area contributed by atoms with Crippen LogP contribution >= 0.6 is 0 Å². The number of hydrogen-bond acceptors (Lipinski definition) is 3. The summed E-state index contributed by atoms with van der Waals surface area (Å²) in [6.45, 7) is 4.33. The first-order valence-corrected chi connectivity index (χ1v) is 29.7. The summed E-state index contributed by atoms with van der Waals surface area (Å²) >= 11 is 0. The van der Waals surface area contributed by atoms with E-state index < -0.39 is 12.1 Å². The van der Waals surface area contributed by atoms with E-state index in [-0.39, 0.29) is 12.5 Å². The van der Waals surface area contributed by atoms with Gasteiger partial charge in [-0.3, -0.25) is 4.79 Å². The van der Waals surface area contributed by atoms with Crippen molar-refractivity contribution in [1.82, 2.24) is 5.32 Å². The zero-order valence-electron chi connectivity index (χ0n) is 44.3. The first kappa shape index (κ1) is 63.6. The number of carbonyl (C=O) groups excluding carboxylic acids is 1. The fourth-order valence-corrected chi connectivity index (χ4v) is 9.33. The molecule has 0 radical (unpaired) electrons. The third-order valence-corrected chi connectivity index (χ3v) is 13.9. The molecule has 0 saturated heterocycles. The van der Waals surface area contributed by atoms with Crippen LogP contribution in [-0.2, 0) is 4.79 Å². The zero-order chi connectivity index (χ0) is 47.0. The summed E-state index contributed by atoms with van der Waals surface area (Å²) in [7, 11) is 0. The highest BCUT2D eigenvalue weighted by molar-refractivity contribution is 5.76. The Balaban J connectivity index is 3.44. The lowest BCUT2D eigenvalue weighted by atomic mass is 10.0. The molecule has 0 aliphatic heterocycles. The molecule has 0 spiro atoms. The number of aliphatic hydroxyl groups excluding tert-OH is 2. The van der Waals surface area contributed by atoms with Crippen molar-refractivity contribution in [2.24, 2.45) is 0 Å². The summed E-state index contributed by atoms with van der Waals surface area (Å²) in [5.74, 6) is -0.0576. The van der Waals surface area contributed by atoms with E-state index in [2.05, 4.69) is 43.5 Å². The van der Waals surface area contributed by atoms with E-state index >= 15 is 0 Å². The van der Waals surface area contributed by atoms with Crippen molar-refractivity contribution in [3.8, 4) is 0 Å². The monoisotopic (exact) mass is 912 g/mol. The quantitative estimate of drug-likeness (QED) is 0.0421. The Morgan fingerprint density at radius 1 is 0.369 bits per heavy atom. The predicted molar refractivity (Wildman–Crippen MR) is 290 cm³/mol. The molecule has 3 N–H and O–H groups in total. The predicted octanol–water partition coefficient (Wildman–Crippen LogP) is 19.6. The highest BCUT2D eigenvalue weighted by Crippen LogP contribution is 2.18. The van der Waals surface area contributed by atoms with Crippen molar-refractivity contribution in [2.45, 2.75) is 341 Å². The summed E-state index contributed by atoms with van der Waals surface area (Å²) in [6.07, 6.45) is 77.5. The molecule has 0 aromatic rings. The van der Waals surface area contributed by atoms with Gasteiger partial charge < -0.3 is 15.5 Å². The van der Waals surface area contributed by atoms with Gasteiger partial charge in [0.05, 0.1) is 18.8 Å². The van der Waals surface area contributed by atoms with Crippen molar-refractivity contribution < 1.29 is 15.0 Å². The molecule has 2 atom stereocenters. The van der Waals surface area contributed by atoms with Gasteiger partial charge in [0.25, 0.3) is 0 Å². The molecular formula is C61H117NO3. The Morgan fingerprint density at radius 3 is 0.923 bits per heavy atom. The van der Waals surface area contributed by atoms with Crippen LogP contribution in [0.15, 0.2) is 36.5 Å². The maximum atomic E-state index is 12.5. The van der Waals surface area contributed by atoms with E-state index in [1.807, 2.05) is 6.08 Å². The minimum atomic E-state index is -0.838. The topological polar surface area (TPSA) is 69.6 Å². The van der Waals surface area contributed by atoms with E-state index in [0.717, 1.165) is 32.1 Å². The minimum Gasteiger partial charge on any atom is -0.394 e. The number of allylic oxidation sites excluding steroid dienone is 5. The molecule has 0 rings (SSSR count). The number of aliphatic hydroxyl groups is 2. The fourth-order valence-electron chi connectivity index (χ4n) is 9.33. The lowest BCUT2D eigenvalue weighted by molar-refractivity contribution is -0.123. The third kappa shape index (κ3) is 53.4. The van der Waals surface area contributed by atoms with Gasteiger partial charge in [0.15, 0.2) is 0 Å². The first-order valence-electron chi connectivity index (χ1n) is 29.7. The van der Waals surface area contributed by atoms with Gasteiger partial charge in [-0.05, 0) is 51.4 Å². The van der Waals surface area contributed by atoms with Crippen LogP contribution in [-0.4, -0.2) is 34.9 Å². The van der Waals surface area contributed by atoms with E-state index in [1.165, 1.54) is 276 Å². The molecule has 0 aliphatic carbocycles.